The number of benzene rings is 1. The number of hydrogen-bond acceptors (Lipinski definition) is 4. The number of carbonyl (C=O) groups excluding carboxylic acids is 1. The lowest BCUT2D eigenvalue weighted by Crippen LogP contribution is -2.41. The zero-order valence-electron chi connectivity index (χ0n) is 12.8. The molecule has 0 unspecified atom stereocenters. The molecule has 0 atom stereocenters. The predicted octanol–water partition coefficient (Wildman–Crippen LogP) is 1.81. The van der Waals surface area contributed by atoms with Crippen LogP contribution < -0.4 is 11.1 Å². The lowest BCUT2D eigenvalue weighted by Gasteiger charge is -2.17. The Hall–Kier alpha value is -2.37. The fraction of sp³-hybridized carbons (Fsp3) is 0.471. The monoisotopic (exact) mass is 313 g/mol. The predicted molar refractivity (Wildman–Crippen MR) is 83.6 cm³/mol. The summed E-state index contributed by atoms with van der Waals surface area (Å²) in [7, 11) is 0. The van der Waals surface area contributed by atoms with Crippen LogP contribution in [0.15, 0.2) is 39.6 Å². The average molecular weight is 313 g/mol. The van der Waals surface area contributed by atoms with Gasteiger partial charge in [0, 0.05) is 11.6 Å². The molecule has 6 heteroatoms. The quantitative estimate of drug-likeness (QED) is 0.882. The smallest absolute Gasteiger partial charge is 0.351 e. The molecule has 120 valence electrons. The highest BCUT2D eigenvalue weighted by atomic mass is 16.5. The number of amides is 1. The summed E-state index contributed by atoms with van der Waals surface area (Å²) < 4.78 is 6.05. The van der Waals surface area contributed by atoms with Gasteiger partial charge in [0.1, 0.15) is 6.54 Å². The van der Waals surface area contributed by atoms with Crippen molar-refractivity contribution in [3.05, 3.63) is 40.9 Å². The third kappa shape index (κ3) is 3.06. The van der Waals surface area contributed by atoms with Crippen LogP contribution in [0.25, 0.3) is 11.4 Å². The Morgan fingerprint density at radius 1 is 1.22 bits per heavy atom. The van der Waals surface area contributed by atoms with E-state index in [-0.39, 0.29) is 18.5 Å². The molecule has 6 nitrogen and oxygen atoms in total. The van der Waals surface area contributed by atoms with Gasteiger partial charge in [0.25, 0.3) is 0 Å². The van der Waals surface area contributed by atoms with Gasteiger partial charge in [-0.3, -0.25) is 9.32 Å². The highest BCUT2D eigenvalue weighted by Gasteiger charge is 2.42. The maximum atomic E-state index is 12.4. The van der Waals surface area contributed by atoms with Crippen molar-refractivity contribution in [2.75, 3.05) is 0 Å². The Bertz CT molecular complexity index is 745. The lowest BCUT2D eigenvalue weighted by molar-refractivity contribution is -0.122. The van der Waals surface area contributed by atoms with Crippen LogP contribution >= 0.6 is 0 Å². The summed E-state index contributed by atoms with van der Waals surface area (Å²) in [6, 6.07) is 9.54. The summed E-state index contributed by atoms with van der Waals surface area (Å²) in [6.45, 7) is -0.0531. The van der Waals surface area contributed by atoms with Gasteiger partial charge < -0.3 is 5.32 Å². The van der Waals surface area contributed by atoms with Crippen molar-refractivity contribution in [3.8, 4) is 11.4 Å². The van der Waals surface area contributed by atoms with Crippen molar-refractivity contribution in [3.63, 3.8) is 0 Å². The number of aromatic nitrogens is 2. The number of carbonyl (C=O) groups is 1. The molecule has 1 N–H and O–H groups in total. The van der Waals surface area contributed by atoms with Gasteiger partial charge in [0.05, 0.1) is 0 Å². The van der Waals surface area contributed by atoms with Crippen LogP contribution in [0.5, 0.6) is 0 Å². The van der Waals surface area contributed by atoms with Crippen molar-refractivity contribution < 1.29 is 9.32 Å². The second-order valence-electron chi connectivity index (χ2n) is 6.49. The van der Waals surface area contributed by atoms with E-state index in [2.05, 4.69) is 10.5 Å². The molecule has 2 fully saturated rings. The Morgan fingerprint density at radius 3 is 2.48 bits per heavy atom. The van der Waals surface area contributed by atoms with Crippen molar-refractivity contribution in [2.24, 2.45) is 11.8 Å². The summed E-state index contributed by atoms with van der Waals surface area (Å²) in [5, 5.41) is 6.93. The third-order valence-corrected chi connectivity index (χ3v) is 4.61. The highest BCUT2D eigenvalue weighted by Crippen LogP contribution is 2.44. The molecule has 1 aromatic heterocycles. The van der Waals surface area contributed by atoms with Gasteiger partial charge in [-0.15, -0.1) is 0 Å². The van der Waals surface area contributed by atoms with Crippen LogP contribution in [0.4, 0.5) is 0 Å². The highest BCUT2D eigenvalue weighted by molar-refractivity contribution is 5.77. The molecule has 1 amide bonds. The van der Waals surface area contributed by atoms with Gasteiger partial charge in [-0.1, -0.05) is 35.5 Å². The first-order chi connectivity index (χ1) is 11.2. The fourth-order valence-electron chi connectivity index (χ4n) is 3.11. The molecule has 1 heterocycles. The number of nitrogens with zero attached hydrogens (tertiary/aromatic N) is 2. The molecule has 1 aromatic carbocycles. The molecule has 2 aliphatic rings. The molecule has 0 spiro atoms. The Kier molecular flexibility index (Phi) is 3.52. The van der Waals surface area contributed by atoms with Crippen molar-refractivity contribution in [1.82, 2.24) is 15.0 Å². The first-order valence-corrected chi connectivity index (χ1v) is 8.13. The van der Waals surface area contributed by atoms with E-state index >= 15 is 0 Å². The SMILES string of the molecule is O=C(Cn1c(-c2ccccc2)noc1=O)NC(C1CC1)C1CC1. The van der Waals surface area contributed by atoms with Crippen LogP contribution in [-0.4, -0.2) is 21.7 Å². The van der Waals surface area contributed by atoms with E-state index in [1.54, 1.807) is 0 Å². The molecule has 0 bridgehead atoms. The minimum Gasteiger partial charge on any atom is -0.351 e. The zero-order valence-corrected chi connectivity index (χ0v) is 12.8. The van der Waals surface area contributed by atoms with Gasteiger partial charge in [0.2, 0.25) is 5.91 Å². The summed E-state index contributed by atoms with van der Waals surface area (Å²) in [5.74, 6) is 0.892. The Balaban J connectivity index is 1.51. The molecule has 2 saturated carbocycles. The van der Waals surface area contributed by atoms with Gasteiger partial charge in [-0.2, -0.15) is 0 Å². The first kappa shape index (κ1) is 14.2. The van der Waals surface area contributed by atoms with Crippen LogP contribution in [0.1, 0.15) is 25.7 Å². The standard InChI is InChI=1S/C17H19N3O3/c21-14(18-15(11-6-7-11)12-8-9-12)10-20-16(19-23-17(20)22)13-4-2-1-3-5-13/h1-5,11-12,15H,6-10H2,(H,18,21). The molecule has 2 aromatic rings. The topological polar surface area (TPSA) is 77.1 Å². The van der Waals surface area contributed by atoms with Crippen LogP contribution in [-0.2, 0) is 11.3 Å². The largest absolute Gasteiger partial charge is 0.442 e. The second-order valence-corrected chi connectivity index (χ2v) is 6.49. The molecular weight excluding hydrogens is 294 g/mol. The molecule has 4 rings (SSSR count). The normalized spacial score (nSPS) is 17.4. The molecule has 0 aliphatic heterocycles. The van der Waals surface area contributed by atoms with E-state index in [1.165, 1.54) is 30.3 Å². The number of nitrogens with one attached hydrogen (secondary N) is 1. The van der Waals surface area contributed by atoms with E-state index in [4.69, 9.17) is 4.52 Å². The summed E-state index contributed by atoms with van der Waals surface area (Å²) in [4.78, 5) is 24.3. The van der Waals surface area contributed by atoms with E-state index in [0.29, 0.717) is 17.7 Å². The fourth-order valence-corrected chi connectivity index (χ4v) is 3.11. The third-order valence-electron chi connectivity index (χ3n) is 4.61. The van der Waals surface area contributed by atoms with Crippen molar-refractivity contribution in [1.29, 1.82) is 0 Å². The summed E-state index contributed by atoms with van der Waals surface area (Å²) >= 11 is 0. The Labute approximate surface area is 133 Å². The lowest BCUT2D eigenvalue weighted by atomic mass is 10.1. The second kappa shape index (κ2) is 5.68. The van der Waals surface area contributed by atoms with Gasteiger partial charge >= 0.3 is 5.76 Å². The number of hydrogen-bond donors (Lipinski definition) is 1. The maximum absolute atomic E-state index is 12.4. The first-order valence-electron chi connectivity index (χ1n) is 8.13. The molecular formula is C17H19N3O3. The minimum atomic E-state index is -0.603. The Morgan fingerprint density at radius 2 is 1.87 bits per heavy atom. The maximum Gasteiger partial charge on any atom is 0.442 e. The average Bonchev–Trinajstić information content (AvgIpc) is 3.47. The van der Waals surface area contributed by atoms with E-state index in [0.717, 1.165) is 5.56 Å². The van der Waals surface area contributed by atoms with E-state index < -0.39 is 5.76 Å². The van der Waals surface area contributed by atoms with Crippen LogP contribution in [0.3, 0.4) is 0 Å². The summed E-state index contributed by atoms with van der Waals surface area (Å²) in [6.07, 6.45) is 4.79. The zero-order chi connectivity index (χ0) is 15.8. The van der Waals surface area contributed by atoms with E-state index in [1.807, 2.05) is 30.3 Å². The number of rotatable bonds is 6. The minimum absolute atomic E-state index is 0.0531. The molecule has 0 radical (unpaired) electrons. The van der Waals surface area contributed by atoms with Crippen molar-refractivity contribution >= 4 is 5.91 Å². The van der Waals surface area contributed by atoms with E-state index in [9.17, 15) is 9.59 Å². The van der Waals surface area contributed by atoms with Crippen LogP contribution in [0.2, 0.25) is 0 Å². The molecule has 23 heavy (non-hydrogen) atoms. The van der Waals surface area contributed by atoms with Gasteiger partial charge in [-0.25, -0.2) is 9.36 Å². The summed E-state index contributed by atoms with van der Waals surface area (Å²) in [5.41, 5.74) is 0.757. The van der Waals surface area contributed by atoms with Gasteiger partial charge in [-0.05, 0) is 37.5 Å². The van der Waals surface area contributed by atoms with Gasteiger partial charge in [0.15, 0.2) is 5.82 Å². The van der Waals surface area contributed by atoms with Crippen molar-refractivity contribution in [2.45, 2.75) is 38.3 Å². The van der Waals surface area contributed by atoms with Crippen LogP contribution in [0, 0.1) is 11.8 Å². The molecule has 2 aliphatic carbocycles. The molecule has 0 saturated heterocycles.